The van der Waals surface area contributed by atoms with Gasteiger partial charge in [0, 0.05) is 24.3 Å². The Balaban J connectivity index is 2.33. The molecule has 1 fully saturated rings. The highest BCUT2D eigenvalue weighted by Crippen LogP contribution is 2.17. The fourth-order valence-corrected chi connectivity index (χ4v) is 2.30. The van der Waals surface area contributed by atoms with Gasteiger partial charge in [-0.15, -0.1) is 0 Å². The van der Waals surface area contributed by atoms with E-state index >= 15 is 0 Å². The molecule has 1 N–H and O–H groups in total. The molecule has 0 aromatic carbocycles. The summed E-state index contributed by atoms with van der Waals surface area (Å²) in [4.78, 5) is 22.1. The quantitative estimate of drug-likeness (QED) is 0.685. The van der Waals surface area contributed by atoms with Crippen LogP contribution >= 0.6 is 0 Å². The molecule has 1 rings (SSSR count). The molecule has 1 unspecified atom stereocenters. The number of amides is 2. The molecule has 1 atom stereocenters. The van der Waals surface area contributed by atoms with Gasteiger partial charge in [0.1, 0.15) is 9.84 Å². The van der Waals surface area contributed by atoms with Crippen LogP contribution in [0.3, 0.4) is 0 Å². The monoisotopic (exact) mass is 233 g/mol. The predicted octanol–water partition coefficient (Wildman–Crippen LogP) is -0.136. The van der Waals surface area contributed by atoms with Crippen LogP contribution in [0.2, 0.25) is 0 Å². The summed E-state index contributed by atoms with van der Waals surface area (Å²) >= 11 is 0. The second-order valence-electron chi connectivity index (χ2n) is 3.92. The summed E-state index contributed by atoms with van der Waals surface area (Å²) < 4.78 is 21.7. The minimum atomic E-state index is -2.95. The van der Waals surface area contributed by atoms with E-state index in [2.05, 4.69) is 5.32 Å². The number of piperidine rings is 1. The van der Waals surface area contributed by atoms with Gasteiger partial charge >= 0.3 is 0 Å². The van der Waals surface area contributed by atoms with Crippen molar-refractivity contribution in [1.29, 1.82) is 0 Å². The van der Waals surface area contributed by atoms with Crippen molar-refractivity contribution in [2.24, 2.45) is 5.92 Å². The lowest BCUT2D eigenvalue weighted by Crippen LogP contribution is -2.40. The summed E-state index contributed by atoms with van der Waals surface area (Å²) in [5.74, 6) is -0.603. The summed E-state index contributed by atoms with van der Waals surface area (Å²) in [7, 11) is -2.95. The van der Waals surface area contributed by atoms with E-state index in [1.54, 1.807) is 0 Å². The SMILES string of the molecule is CS(=O)(=O)CCCC1CCC(=O)NC1=O. The number of sulfone groups is 1. The number of imide groups is 1. The molecule has 6 heteroatoms. The molecular weight excluding hydrogens is 218 g/mol. The number of hydrogen-bond acceptors (Lipinski definition) is 4. The van der Waals surface area contributed by atoms with Crippen LogP contribution < -0.4 is 5.32 Å². The van der Waals surface area contributed by atoms with Crippen LogP contribution in [-0.4, -0.2) is 32.2 Å². The molecule has 2 amide bonds. The van der Waals surface area contributed by atoms with E-state index < -0.39 is 9.84 Å². The second-order valence-corrected chi connectivity index (χ2v) is 6.18. The minimum absolute atomic E-state index is 0.102. The number of hydrogen-bond donors (Lipinski definition) is 1. The predicted molar refractivity (Wildman–Crippen MR) is 54.8 cm³/mol. The number of rotatable bonds is 4. The lowest BCUT2D eigenvalue weighted by Gasteiger charge is -2.20. The van der Waals surface area contributed by atoms with Gasteiger partial charge < -0.3 is 0 Å². The molecule has 1 heterocycles. The molecular formula is C9H15NO4S. The van der Waals surface area contributed by atoms with Crippen LogP contribution in [0.5, 0.6) is 0 Å². The highest BCUT2D eigenvalue weighted by Gasteiger charge is 2.26. The van der Waals surface area contributed by atoms with Crippen LogP contribution in [0.25, 0.3) is 0 Å². The second kappa shape index (κ2) is 4.74. The topological polar surface area (TPSA) is 80.3 Å². The van der Waals surface area contributed by atoms with Gasteiger partial charge in [-0.3, -0.25) is 14.9 Å². The van der Waals surface area contributed by atoms with Gasteiger partial charge in [0.15, 0.2) is 0 Å². The van der Waals surface area contributed by atoms with Crippen LogP contribution in [-0.2, 0) is 19.4 Å². The Labute approximate surface area is 89.2 Å². The summed E-state index contributed by atoms with van der Waals surface area (Å²) in [6, 6.07) is 0. The third-order valence-electron chi connectivity index (χ3n) is 2.42. The van der Waals surface area contributed by atoms with Crippen molar-refractivity contribution in [2.75, 3.05) is 12.0 Å². The first-order valence-corrected chi connectivity index (χ1v) is 6.96. The van der Waals surface area contributed by atoms with Crippen molar-refractivity contribution < 1.29 is 18.0 Å². The highest BCUT2D eigenvalue weighted by atomic mass is 32.2. The Hall–Kier alpha value is -0.910. The Morgan fingerprint density at radius 3 is 2.60 bits per heavy atom. The Kier molecular flexibility index (Phi) is 3.84. The number of carbonyl (C=O) groups is 2. The molecule has 0 aromatic rings. The normalized spacial score (nSPS) is 22.6. The molecule has 86 valence electrons. The maximum absolute atomic E-state index is 11.3. The van der Waals surface area contributed by atoms with E-state index in [0.29, 0.717) is 25.7 Å². The van der Waals surface area contributed by atoms with Crippen molar-refractivity contribution >= 4 is 21.7 Å². The minimum Gasteiger partial charge on any atom is -0.296 e. The molecule has 0 aromatic heterocycles. The average molecular weight is 233 g/mol. The summed E-state index contributed by atoms with van der Waals surface area (Å²) in [6.07, 6.45) is 3.08. The first-order valence-electron chi connectivity index (χ1n) is 4.90. The van der Waals surface area contributed by atoms with E-state index in [4.69, 9.17) is 0 Å². The molecule has 0 saturated carbocycles. The molecule has 0 aliphatic carbocycles. The van der Waals surface area contributed by atoms with E-state index in [1.807, 2.05) is 0 Å². The molecule has 0 bridgehead atoms. The fourth-order valence-electron chi connectivity index (χ4n) is 1.61. The zero-order valence-electron chi connectivity index (χ0n) is 8.65. The molecule has 1 saturated heterocycles. The molecule has 0 radical (unpaired) electrons. The summed E-state index contributed by atoms with van der Waals surface area (Å²) in [5, 5.41) is 2.25. The lowest BCUT2D eigenvalue weighted by molar-refractivity contribution is -0.136. The fraction of sp³-hybridized carbons (Fsp3) is 0.778. The van der Waals surface area contributed by atoms with Crippen molar-refractivity contribution in [1.82, 2.24) is 5.32 Å². The third kappa shape index (κ3) is 4.42. The van der Waals surface area contributed by atoms with Crippen molar-refractivity contribution in [3.8, 4) is 0 Å². The van der Waals surface area contributed by atoms with Gasteiger partial charge in [-0.25, -0.2) is 8.42 Å². The van der Waals surface area contributed by atoms with Gasteiger partial charge in [0.2, 0.25) is 11.8 Å². The van der Waals surface area contributed by atoms with Crippen molar-refractivity contribution in [2.45, 2.75) is 25.7 Å². The van der Waals surface area contributed by atoms with Gasteiger partial charge in [0.05, 0.1) is 0 Å². The summed E-state index contributed by atoms with van der Waals surface area (Å²) in [6.45, 7) is 0. The first-order chi connectivity index (χ1) is 6.88. The highest BCUT2D eigenvalue weighted by molar-refractivity contribution is 7.90. The standard InChI is InChI=1S/C9H15NO4S/c1-15(13,14)6-2-3-7-4-5-8(11)10-9(7)12/h7H,2-6H2,1H3,(H,10,11,12). The van der Waals surface area contributed by atoms with Crippen LogP contribution in [0.4, 0.5) is 0 Å². The van der Waals surface area contributed by atoms with Crippen LogP contribution in [0.15, 0.2) is 0 Å². The lowest BCUT2D eigenvalue weighted by atomic mass is 9.94. The smallest absolute Gasteiger partial charge is 0.229 e. The van der Waals surface area contributed by atoms with Gasteiger partial charge in [-0.1, -0.05) is 0 Å². The van der Waals surface area contributed by atoms with Crippen molar-refractivity contribution in [3.05, 3.63) is 0 Å². The van der Waals surface area contributed by atoms with E-state index in [-0.39, 0.29) is 23.5 Å². The van der Waals surface area contributed by atoms with Gasteiger partial charge in [0.25, 0.3) is 0 Å². The zero-order chi connectivity index (χ0) is 11.5. The van der Waals surface area contributed by atoms with Crippen LogP contribution in [0.1, 0.15) is 25.7 Å². The molecule has 5 nitrogen and oxygen atoms in total. The third-order valence-corrected chi connectivity index (χ3v) is 3.45. The van der Waals surface area contributed by atoms with Gasteiger partial charge in [-0.2, -0.15) is 0 Å². The largest absolute Gasteiger partial charge is 0.296 e. The summed E-state index contributed by atoms with van der Waals surface area (Å²) in [5.41, 5.74) is 0. The molecule has 15 heavy (non-hydrogen) atoms. The maximum Gasteiger partial charge on any atom is 0.229 e. The van der Waals surface area contributed by atoms with E-state index in [1.165, 1.54) is 6.26 Å². The molecule has 1 aliphatic rings. The first kappa shape index (κ1) is 12.2. The van der Waals surface area contributed by atoms with E-state index in [0.717, 1.165) is 0 Å². The van der Waals surface area contributed by atoms with Gasteiger partial charge in [-0.05, 0) is 19.3 Å². The van der Waals surface area contributed by atoms with E-state index in [9.17, 15) is 18.0 Å². The Morgan fingerprint density at radius 1 is 1.40 bits per heavy atom. The van der Waals surface area contributed by atoms with Crippen LogP contribution in [0, 0.1) is 5.92 Å². The maximum atomic E-state index is 11.3. The Bertz CT molecular complexity index is 360. The zero-order valence-corrected chi connectivity index (χ0v) is 9.47. The Morgan fingerprint density at radius 2 is 2.07 bits per heavy atom. The molecule has 1 aliphatic heterocycles. The molecule has 0 spiro atoms. The average Bonchev–Trinajstić information content (AvgIpc) is 2.07. The number of nitrogens with one attached hydrogen (secondary N) is 1. The van der Waals surface area contributed by atoms with Crippen molar-refractivity contribution in [3.63, 3.8) is 0 Å². The number of carbonyl (C=O) groups excluding carboxylic acids is 2.